The Morgan fingerprint density at radius 2 is 1.78 bits per heavy atom. The number of halogens is 3. The second-order valence-corrected chi connectivity index (χ2v) is 6.33. The fourth-order valence-corrected chi connectivity index (χ4v) is 2.98. The molecule has 3 rings (SSSR count). The lowest BCUT2D eigenvalue weighted by atomic mass is 10.1. The van der Waals surface area contributed by atoms with Crippen molar-refractivity contribution in [3.63, 3.8) is 0 Å². The van der Waals surface area contributed by atoms with Crippen LogP contribution >= 0.6 is 0 Å². The fourth-order valence-electron chi connectivity index (χ4n) is 2.98. The van der Waals surface area contributed by atoms with Crippen LogP contribution in [0.4, 0.5) is 24.5 Å². The van der Waals surface area contributed by atoms with Crippen molar-refractivity contribution in [3.8, 4) is 0 Å². The van der Waals surface area contributed by atoms with Gasteiger partial charge in [-0.05, 0) is 42.3 Å². The first-order valence-electron chi connectivity index (χ1n) is 8.82. The van der Waals surface area contributed by atoms with E-state index >= 15 is 0 Å². The molecule has 0 aliphatic carbocycles. The number of carbonyl (C=O) groups excluding carboxylic acids is 1. The molecule has 0 bridgehead atoms. The number of nitrogens with zero attached hydrogens (tertiary/aromatic N) is 1. The molecule has 27 heavy (non-hydrogen) atoms. The number of hydrogen-bond acceptors (Lipinski definition) is 3. The number of nitrogens with one attached hydrogen (secondary N) is 1. The van der Waals surface area contributed by atoms with E-state index in [-0.39, 0.29) is 5.69 Å². The Labute approximate surface area is 155 Å². The summed E-state index contributed by atoms with van der Waals surface area (Å²) in [5.41, 5.74) is 1.40. The molecule has 1 aliphatic rings. The van der Waals surface area contributed by atoms with Gasteiger partial charge in [0.1, 0.15) is 0 Å². The van der Waals surface area contributed by atoms with Gasteiger partial charge in [0.05, 0.1) is 30.2 Å². The lowest BCUT2D eigenvalue weighted by Crippen LogP contribution is -2.36. The van der Waals surface area contributed by atoms with Crippen LogP contribution in [0, 0.1) is 0 Å². The van der Waals surface area contributed by atoms with E-state index in [1.807, 2.05) is 24.0 Å². The number of rotatable bonds is 4. The Hall–Kier alpha value is -2.54. The SMILES string of the molecule is CCc1ccc(C(=O)Nc2cc(C(F)(F)F)ccc2N2CCOCC2)cc1. The maximum absolute atomic E-state index is 13.1. The van der Waals surface area contributed by atoms with Gasteiger partial charge >= 0.3 is 6.18 Å². The normalized spacial score (nSPS) is 14.9. The molecule has 0 atom stereocenters. The summed E-state index contributed by atoms with van der Waals surface area (Å²) >= 11 is 0. The van der Waals surface area contributed by atoms with Crippen molar-refractivity contribution in [2.24, 2.45) is 0 Å². The standard InChI is InChI=1S/C20H21F3N2O2/c1-2-14-3-5-15(6-4-14)19(26)24-17-13-16(20(21,22)23)7-8-18(17)25-9-11-27-12-10-25/h3-8,13H,2,9-12H2,1H3,(H,24,26). The third-order valence-electron chi connectivity index (χ3n) is 4.55. The van der Waals surface area contributed by atoms with Crippen molar-refractivity contribution in [2.75, 3.05) is 36.5 Å². The Kier molecular flexibility index (Phi) is 5.70. The van der Waals surface area contributed by atoms with E-state index in [0.29, 0.717) is 37.6 Å². The highest BCUT2D eigenvalue weighted by molar-refractivity contribution is 6.06. The van der Waals surface area contributed by atoms with Crippen LogP contribution in [-0.4, -0.2) is 32.2 Å². The van der Waals surface area contributed by atoms with Gasteiger partial charge in [-0.3, -0.25) is 4.79 Å². The second kappa shape index (κ2) is 8.00. The van der Waals surface area contributed by atoms with E-state index in [0.717, 1.165) is 24.1 Å². The Bertz CT molecular complexity index is 798. The molecule has 1 aliphatic heterocycles. The third-order valence-corrected chi connectivity index (χ3v) is 4.55. The highest BCUT2D eigenvalue weighted by atomic mass is 19.4. The summed E-state index contributed by atoms with van der Waals surface area (Å²) in [6.45, 7) is 4.10. The second-order valence-electron chi connectivity index (χ2n) is 6.33. The van der Waals surface area contributed by atoms with E-state index in [9.17, 15) is 18.0 Å². The summed E-state index contributed by atoms with van der Waals surface area (Å²) in [7, 11) is 0. The molecule has 0 saturated carbocycles. The Morgan fingerprint density at radius 3 is 2.37 bits per heavy atom. The number of benzene rings is 2. The lowest BCUT2D eigenvalue weighted by Gasteiger charge is -2.31. The van der Waals surface area contributed by atoms with Crippen LogP contribution in [0.25, 0.3) is 0 Å². The molecule has 1 heterocycles. The molecule has 1 amide bonds. The first kappa shape index (κ1) is 19.2. The van der Waals surface area contributed by atoms with Crippen LogP contribution in [0.5, 0.6) is 0 Å². The van der Waals surface area contributed by atoms with Gasteiger partial charge in [-0.2, -0.15) is 13.2 Å². The minimum absolute atomic E-state index is 0.149. The molecule has 0 unspecified atom stereocenters. The zero-order valence-corrected chi connectivity index (χ0v) is 15.0. The van der Waals surface area contributed by atoms with Gasteiger partial charge in [0, 0.05) is 18.7 Å². The number of alkyl halides is 3. The average Bonchev–Trinajstić information content (AvgIpc) is 2.68. The molecule has 1 N–H and O–H groups in total. The Balaban J connectivity index is 1.91. The number of anilines is 2. The van der Waals surface area contributed by atoms with E-state index in [4.69, 9.17) is 4.74 Å². The van der Waals surface area contributed by atoms with Crippen molar-refractivity contribution in [1.82, 2.24) is 0 Å². The smallest absolute Gasteiger partial charge is 0.378 e. The van der Waals surface area contributed by atoms with Gasteiger partial charge in [-0.25, -0.2) is 0 Å². The lowest BCUT2D eigenvalue weighted by molar-refractivity contribution is -0.137. The van der Waals surface area contributed by atoms with Gasteiger partial charge in [0.15, 0.2) is 0 Å². The monoisotopic (exact) mass is 378 g/mol. The van der Waals surface area contributed by atoms with Crippen LogP contribution in [0.2, 0.25) is 0 Å². The molecule has 0 spiro atoms. The van der Waals surface area contributed by atoms with Crippen molar-refractivity contribution in [1.29, 1.82) is 0 Å². The minimum Gasteiger partial charge on any atom is -0.378 e. The van der Waals surface area contributed by atoms with Crippen LogP contribution in [0.3, 0.4) is 0 Å². The predicted molar refractivity (Wildman–Crippen MR) is 98.2 cm³/mol. The van der Waals surface area contributed by atoms with Crippen LogP contribution in [-0.2, 0) is 17.3 Å². The number of carbonyl (C=O) groups is 1. The molecule has 1 fully saturated rings. The van der Waals surface area contributed by atoms with Gasteiger partial charge in [0.2, 0.25) is 0 Å². The summed E-state index contributed by atoms with van der Waals surface area (Å²) in [5.74, 6) is -0.438. The first-order chi connectivity index (χ1) is 12.9. The molecule has 0 radical (unpaired) electrons. The fraction of sp³-hybridized carbons (Fsp3) is 0.350. The van der Waals surface area contributed by atoms with E-state index in [1.165, 1.54) is 6.07 Å². The largest absolute Gasteiger partial charge is 0.416 e. The summed E-state index contributed by atoms with van der Waals surface area (Å²) in [4.78, 5) is 14.5. The van der Waals surface area contributed by atoms with Crippen LogP contribution in [0.1, 0.15) is 28.4 Å². The number of ether oxygens (including phenoxy) is 1. The van der Waals surface area contributed by atoms with Crippen molar-refractivity contribution in [2.45, 2.75) is 19.5 Å². The quantitative estimate of drug-likeness (QED) is 0.860. The molecule has 144 valence electrons. The molecule has 7 heteroatoms. The average molecular weight is 378 g/mol. The van der Waals surface area contributed by atoms with Crippen molar-refractivity contribution in [3.05, 3.63) is 59.2 Å². The number of amides is 1. The first-order valence-corrected chi connectivity index (χ1v) is 8.82. The molecule has 2 aromatic carbocycles. The molecule has 4 nitrogen and oxygen atoms in total. The molecule has 2 aromatic rings. The molecule has 0 aromatic heterocycles. The number of morpholine rings is 1. The summed E-state index contributed by atoms with van der Waals surface area (Å²) in [5, 5.41) is 2.65. The summed E-state index contributed by atoms with van der Waals surface area (Å²) < 4.78 is 44.7. The highest BCUT2D eigenvalue weighted by Gasteiger charge is 2.32. The third kappa shape index (κ3) is 4.60. The van der Waals surface area contributed by atoms with Crippen molar-refractivity contribution < 1.29 is 22.7 Å². The van der Waals surface area contributed by atoms with Gasteiger partial charge < -0.3 is 15.0 Å². The zero-order chi connectivity index (χ0) is 19.4. The van der Waals surface area contributed by atoms with E-state index < -0.39 is 17.6 Å². The Morgan fingerprint density at radius 1 is 1.11 bits per heavy atom. The maximum Gasteiger partial charge on any atom is 0.416 e. The van der Waals surface area contributed by atoms with E-state index in [2.05, 4.69) is 5.32 Å². The van der Waals surface area contributed by atoms with Crippen LogP contribution < -0.4 is 10.2 Å². The molecule has 1 saturated heterocycles. The van der Waals surface area contributed by atoms with Gasteiger partial charge in [-0.1, -0.05) is 19.1 Å². The van der Waals surface area contributed by atoms with Gasteiger partial charge in [-0.15, -0.1) is 0 Å². The van der Waals surface area contributed by atoms with Crippen molar-refractivity contribution >= 4 is 17.3 Å². The predicted octanol–water partition coefficient (Wildman–Crippen LogP) is 4.36. The number of hydrogen-bond donors (Lipinski definition) is 1. The van der Waals surface area contributed by atoms with E-state index in [1.54, 1.807) is 12.1 Å². The molecular weight excluding hydrogens is 357 g/mol. The molecular formula is C20H21F3N2O2. The highest BCUT2D eigenvalue weighted by Crippen LogP contribution is 2.36. The summed E-state index contributed by atoms with van der Waals surface area (Å²) in [6.07, 6.45) is -3.64. The topological polar surface area (TPSA) is 41.6 Å². The van der Waals surface area contributed by atoms with Crippen LogP contribution in [0.15, 0.2) is 42.5 Å². The summed E-state index contributed by atoms with van der Waals surface area (Å²) in [6, 6.07) is 10.5. The van der Waals surface area contributed by atoms with Gasteiger partial charge in [0.25, 0.3) is 5.91 Å². The maximum atomic E-state index is 13.1. The number of aryl methyl sites for hydroxylation is 1. The zero-order valence-electron chi connectivity index (χ0n) is 15.0. The minimum atomic E-state index is -4.48.